The Hall–Kier alpha value is -3.13. The van der Waals surface area contributed by atoms with E-state index in [-0.39, 0.29) is 24.9 Å². The third-order valence-corrected chi connectivity index (χ3v) is 4.12. The number of rotatable bonds is 7. The van der Waals surface area contributed by atoms with E-state index in [0.717, 1.165) is 0 Å². The van der Waals surface area contributed by atoms with Crippen LogP contribution in [0.15, 0.2) is 42.5 Å². The van der Waals surface area contributed by atoms with E-state index in [1.54, 1.807) is 29.2 Å². The zero-order chi connectivity index (χ0) is 19.9. The van der Waals surface area contributed by atoms with Crippen LogP contribution in [0.5, 0.6) is 11.5 Å². The Kier molecular flexibility index (Phi) is 6.44. The van der Waals surface area contributed by atoms with Crippen molar-refractivity contribution >= 4 is 23.2 Å². The van der Waals surface area contributed by atoms with Crippen molar-refractivity contribution in [1.29, 1.82) is 0 Å². The normalized spacial score (nSPS) is 12.5. The molecule has 2 amide bonds. The molecule has 0 bridgehead atoms. The first kappa shape index (κ1) is 19.6. The van der Waals surface area contributed by atoms with Crippen molar-refractivity contribution < 1.29 is 23.5 Å². The third-order valence-electron chi connectivity index (χ3n) is 4.12. The number of carbonyl (C=O) groups is 2. The first-order valence-corrected chi connectivity index (χ1v) is 9.01. The van der Waals surface area contributed by atoms with Crippen molar-refractivity contribution in [3.63, 3.8) is 0 Å². The van der Waals surface area contributed by atoms with Gasteiger partial charge >= 0.3 is 0 Å². The van der Waals surface area contributed by atoms with Gasteiger partial charge in [-0.25, -0.2) is 4.39 Å². The predicted molar refractivity (Wildman–Crippen MR) is 103 cm³/mol. The number of halogens is 1. The molecule has 0 saturated carbocycles. The summed E-state index contributed by atoms with van der Waals surface area (Å²) in [6.07, 6.45) is 0. The van der Waals surface area contributed by atoms with Crippen molar-refractivity contribution in [3.8, 4) is 11.5 Å². The molecular weight excluding hydrogens is 365 g/mol. The van der Waals surface area contributed by atoms with Gasteiger partial charge in [-0.2, -0.15) is 0 Å². The molecule has 3 rings (SSSR count). The first-order chi connectivity index (χ1) is 13.5. The Morgan fingerprint density at radius 1 is 0.964 bits per heavy atom. The average molecular weight is 387 g/mol. The molecular formula is C20H22FN3O4. The molecule has 0 atom stereocenters. The van der Waals surface area contributed by atoms with E-state index in [4.69, 9.17) is 9.47 Å². The summed E-state index contributed by atoms with van der Waals surface area (Å²) in [6.45, 7) is 3.39. The fourth-order valence-corrected chi connectivity index (χ4v) is 2.77. The molecule has 0 spiro atoms. The van der Waals surface area contributed by atoms with Crippen LogP contribution in [0.2, 0.25) is 0 Å². The second-order valence-corrected chi connectivity index (χ2v) is 6.27. The number of hydrogen-bond donors (Lipinski definition) is 2. The van der Waals surface area contributed by atoms with E-state index >= 15 is 0 Å². The third kappa shape index (κ3) is 5.43. The molecule has 0 aromatic heterocycles. The maximum absolute atomic E-state index is 13.2. The maximum atomic E-state index is 13.2. The van der Waals surface area contributed by atoms with Gasteiger partial charge in [0.2, 0.25) is 11.8 Å². The number of benzene rings is 2. The summed E-state index contributed by atoms with van der Waals surface area (Å²) in [5.74, 6) is 0.236. The Morgan fingerprint density at radius 2 is 1.61 bits per heavy atom. The number of ether oxygens (including phenoxy) is 2. The van der Waals surface area contributed by atoms with Crippen LogP contribution >= 0.6 is 0 Å². The first-order valence-electron chi connectivity index (χ1n) is 9.01. The monoisotopic (exact) mass is 387 g/mol. The highest BCUT2D eigenvalue weighted by Gasteiger charge is 2.16. The van der Waals surface area contributed by atoms with Gasteiger partial charge in [-0.05, 0) is 36.9 Å². The Morgan fingerprint density at radius 3 is 2.25 bits per heavy atom. The molecule has 0 aliphatic carbocycles. The van der Waals surface area contributed by atoms with Crippen LogP contribution < -0.4 is 20.1 Å². The molecule has 1 heterocycles. The molecule has 0 radical (unpaired) electrons. The number of fused-ring (bicyclic) bond motifs is 1. The SMILES string of the molecule is CCN(CC(=O)Nc1cccc(F)c1)CC(=O)Nc1ccc2c(c1)OCCO2. The van der Waals surface area contributed by atoms with Gasteiger partial charge in [0, 0.05) is 17.4 Å². The van der Waals surface area contributed by atoms with Gasteiger partial charge in [-0.3, -0.25) is 14.5 Å². The maximum Gasteiger partial charge on any atom is 0.238 e. The molecule has 0 fully saturated rings. The highest BCUT2D eigenvalue weighted by atomic mass is 19.1. The number of anilines is 2. The quantitative estimate of drug-likeness (QED) is 0.763. The predicted octanol–water partition coefficient (Wildman–Crippen LogP) is 2.50. The average Bonchev–Trinajstić information content (AvgIpc) is 2.67. The Labute approximate surface area is 162 Å². The van der Waals surface area contributed by atoms with Crippen molar-refractivity contribution in [2.24, 2.45) is 0 Å². The molecule has 0 saturated heterocycles. The topological polar surface area (TPSA) is 79.9 Å². The summed E-state index contributed by atoms with van der Waals surface area (Å²) in [5, 5.41) is 5.41. The standard InChI is InChI=1S/C20H22FN3O4/c1-2-24(12-19(25)22-15-5-3-4-14(21)10-15)13-20(26)23-16-6-7-17-18(11-16)28-9-8-27-17/h3-7,10-11H,2,8-9,12-13H2,1H3,(H,22,25)(H,23,26). The number of amides is 2. The van der Waals surface area contributed by atoms with Gasteiger partial charge in [0.1, 0.15) is 19.0 Å². The van der Waals surface area contributed by atoms with Crippen molar-refractivity contribution in [2.45, 2.75) is 6.92 Å². The number of nitrogens with one attached hydrogen (secondary N) is 2. The minimum atomic E-state index is -0.427. The second kappa shape index (κ2) is 9.18. The van der Waals surface area contributed by atoms with Gasteiger partial charge < -0.3 is 20.1 Å². The van der Waals surface area contributed by atoms with Crippen LogP contribution in [0.1, 0.15) is 6.92 Å². The van der Waals surface area contributed by atoms with E-state index in [9.17, 15) is 14.0 Å². The van der Waals surface area contributed by atoms with E-state index in [1.807, 2.05) is 6.92 Å². The van der Waals surface area contributed by atoms with Crippen molar-refractivity contribution in [3.05, 3.63) is 48.3 Å². The highest BCUT2D eigenvalue weighted by molar-refractivity contribution is 5.94. The van der Waals surface area contributed by atoms with Crippen LogP contribution in [0.3, 0.4) is 0 Å². The van der Waals surface area contributed by atoms with E-state index < -0.39 is 5.82 Å². The molecule has 1 aliphatic rings. The fraction of sp³-hybridized carbons (Fsp3) is 0.300. The summed E-state index contributed by atoms with van der Waals surface area (Å²) in [6, 6.07) is 10.8. The molecule has 28 heavy (non-hydrogen) atoms. The zero-order valence-electron chi connectivity index (χ0n) is 15.5. The molecule has 0 unspecified atom stereocenters. The molecule has 8 heteroatoms. The lowest BCUT2D eigenvalue weighted by Crippen LogP contribution is -2.38. The molecule has 148 valence electrons. The summed E-state index contributed by atoms with van der Waals surface area (Å²) >= 11 is 0. The number of nitrogens with zero attached hydrogens (tertiary/aromatic N) is 1. The molecule has 7 nitrogen and oxygen atoms in total. The molecule has 1 aliphatic heterocycles. The van der Waals surface area contributed by atoms with Gasteiger partial charge in [-0.1, -0.05) is 13.0 Å². The molecule has 2 aromatic carbocycles. The van der Waals surface area contributed by atoms with Crippen LogP contribution in [0.4, 0.5) is 15.8 Å². The summed E-state index contributed by atoms with van der Waals surface area (Å²) < 4.78 is 24.1. The van der Waals surface area contributed by atoms with E-state index in [2.05, 4.69) is 10.6 Å². The lowest BCUT2D eigenvalue weighted by atomic mass is 10.2. The lowest BCUT2D eigenvalue weighted by molar-refractivity contribution is -0.119. The Bertz CT molecular complexity index is 859. The molecule has 2 aromatic rings. The smallest absolute Gasteiger partial charge is 0.238 e. The molecule has 2 N–H and O–H groups in total. The van der Waals surface area contributed by atoms with Crippen LogP contribution in [0.25, 0.3) is 0 Å². The Balaban J connectivity index is 1.52. The van der Waals surface area contributed by atoms with Gasteiger partial charge in [0.25, 0.3) is 0 Å². The van der Waals surface area contributed by atoms with Gasteiger partial charge in [0.05, 0.1) is 13.1 Å². The van der Waals surface area contributed by atoms with Gasteiger partial charge in [-0.15, -0.1) is 0 Å². The zero-order valence-corrected chi connectivity index (χ0v) is 15.5. The highest BCUT2D eigenvalue weighted by Crippen LogP contribution is 2.32. The van der Waals surface area contributed by atoms with Crippen LogP contribution in [-0.4, -0.2) is 49.6 Å². The van der Waals surface area contributed by atoms with Crippen molar-refractivity contribution in [2.75, 3.05) is 43.5 Å². The lowest BCUT2D eigenvalue weighted by Gasteiger charge is -2.21. The van der Waals surface area contributed by atoms with Crippen molar-refractivity contribution in [1.82, 2.24) is 4.90 Å². The minimum Gasteiger partial charge on any atom is -0.486 e. The van der Waals surface area contributed by atoms with Crippen LogP contribution in [0, 0.1) is 5.82 Å². The second-order valence-electron chi connectivity index (χ2n) is 6.27. The largest absolute Gasteiger partial charge is 0.486 e. The number of hydrogen-bond acceptors (Lipinski definition) is 5. The van der Waals surface area contributed by atoms with E-state index in [1.165, 1.54) is 18.2 Å². The van der Waals surface area contributed by atoms with Gasteiger partial charge in [0.15, 0.2) is 11.5 Å². The fourth-order valence-electron chi connectivity index (χ4n) is 2.77. The summed E-state index contributed by atoms with van der Waals surface area (Å²) in [5.41, 5.74) is 0.969. The number of carbonyl (C=O) groups excluding carboxylic acids is 2. The number of likely N-dealkylation sites (N-methyl/N-ethyl adjacent to an activating group) is 1. The van der Waals surface area contributed by atoms with Crippen LogP contribution in [-0.2, 0) is 9.59 Å². The summed E-state index contributed by atoms with van der Waals surface area (Å²) in [7, 11) is 0. The summed E-state index contributed by atoms with van der Waals surface area (Å²) in [4.78, 5) is 26.2. The van der Waals surface area contributed by atoms with E-state index in [0.29, 0.717) is 42.6 Å². The minimum absolute atomic E-state index is 0.0154.